The Balaban J connectivity index is 2.10. The number of ether oxygens (including phenoxy) is 2. The third-order valence-corrected chi connectivity index (χ3v) is 6.23. The number of sulfonamides is 1. The van der Waals surface area contributed by atoms with E-state index in [0.717, 1.165) is 0 Å². The zero-order valence-corrected chi connectivity index (χ0v) is 17.0. The third-order valence-electron chi connectivity index (χ3n) is 4.33. The van der Waals surface area contributed by atoms with Crippen LogP contribution in [0.4, 0.5) is 0 Å². The van der Waals surface area contributed by atoms with Crippen LogP contribution in [0.1, 0.15) is 20.3 Å². The van der Waals surface area contributed by atoms with Gasteiger partial charge in [0.25, 0.3) is 0 Å². The summed E-state index contributed by atoms with van der Waals surface area (Å²) in [6.45, 7) is 6.55. The van der Waals surface area contributed by atoms with Crippen LogP contribution in [-0.2, 0) is 14.8 Å². The summed E-state index contributed by atoms with van der Waals surface area (Å²) in [6.07, 6.45) is 0.417. The van der Waals surface area contributed by atoms with Crippen LogP contribution in [0.5, 0.6) is 11.5 Å². The maximum absolute atomic E-state index is 13.0. The topological polar surface area (TPSA) is 88.2 Å². The van der Waals surface area contributed by atoms with Crippen molar-refractivity contribution in [2.75, 3.05) is 53.0 Å². The normalized spacial score (nSPS) is 15.6. The number of piperazine rings is 1. The lowest BCUT2D eigenvalue weighted by molar-refractivity contribution is -0.132. The third kappa shape index (κ3) is 5.33. The molecule has 0 atom stereocenters. The summed E-state index contributed by atoms with van der Waals surface area (Å²) in [4.78, 5) is 14.0. The molecule has 1 aromatic rings. The van der Waals surface area contributed by atoms with Gasteiger partial charge in [-0.3, -0.25) is 4.79 Å². The SMILES string of the molecule is CCOc1ccc(S(=O)(=O)N2CCN(C(=O)CCNC)CC2)cc1OCC. The Labute approximate surface area is 161 Å². The van der Waals surface area contributed by atoms with Crippen LogP contribution < -0.4 is 14.8 Å². The Kier molecular flexibility index (Phi) is 7.88. The first-order chi connectivity index (χ1) is 12.9. The molecule has 0 saturated carbocycles. The van der Waals surface area contributed by atoms with Gasteiger partial charge in [0, 0.05) is 45.2 Å². The molecule has 27 heavy (non-hydrogen) atoms. The van der Waals surface area contributed by atoms with Gasteiger partial charge in [0.15, 0.2) is 11.5 Å². The Morgan fingerprint density at radius 1 is 1.07 bits per heavy atom. The standard InChI is InChI=1S/C18H29N3O5S/c1-4-25-16-7-6-15(14-17(16)26-5-2)27(23,24)21-12-10-20(11-13-21)18(22)8-9-19-3/h6-7,14,19H,4-5,8-13H2,1-3H3. The molecule has 0 aliphatic carbocycles. The second kappa shape index (κ2) is 9.91. The Bertz CT molecular complexity index is 731. The Morgan fingerprint density at radius 3 is 2.30 bits per heavy atom. The molecule has 0 unspecified atom stereocenters. The fraction of sp³-hybridized carbons (Fsp3) is 0.611. The van der Waals surface area contributed by atoms with Crippen LogP contribution in [0, 0.1) is 0 Å². The summed E-state index contributed by atoms with van der Waals surface area (Å²) in [5, 5.41) is 2.95. The van der Waals surface area contributed by atoms with E-state index in [4.69, 9.17) is 9.47 Å². The van der Waals surface area contributed by atoms with Crippen molar-refractivity contribution in [1.29, 1.82) is 0 Å². The predicted octanol–water partition coefficient (Wildman–Crippen LogP) is 0.926. The molecular formula is C18H29N3O5S. The highest BCUT2D eigenvalue weighted by atomic mass is 32.2. The molecule has 1 saturated heterocycles. The number of hydrogen-bond acceptors (Lipinski definition) is 6. The highest BCUT2D eigenvalue weighted by Gasteiger charge is 2.30. The van der Waals surface area contributed by atoms with Gasteiger partial charge in [0.2, 0.25) is 15.9 Å². The fourth-order valence-corrected chi connectivity index (χ4v) is 4.35. The number of carbonyl (C=O) groups is 1. The van der Waals surface area contributed by atoms with E-state index in [2.05, 4.69) is 5.32 Å². The fourth-order valence-electron chi connectivity index (χ4n) is 2.91. The zero-order valence-electron chi connectivity index (χ0n) is 16.2. The van der Waals surface area contributed by atoms with Crippen LogP contribution >= 0.6 is 0 Å². The summed E-state index contributed by atoms with van der Waals surface area (Å²) in [5.74, 6) is 0.987. The van der Waals surface area contributed by atoms with Gasteiger partial charge in [-0.1, -0.05) is 0 Å². The molecule has 1 amide bonds. The number of amides is 1. The molecule has 1 heterocycles. The van der Waals surface area contributed by atoms with Crippen molar-refractivity contribution in [3.63, 3.8) is 0 Å². The number of nitrogens with zero attached hydrogens (tertiary/aromatic N) is 2. The number of nitrogens with one attached hydrogen (secondary N) is 1. The summed E-state index contributed by atoms with van der Waals surface area (Å²) in [7, 11) is -1.86. The average molecular weight is 400 g/mol. The van der Waals surface area contributed by atoms with E-state index in [9.17, 15) is 13.2 Å². The highest BCUT2D eigenvalue weighted by Crippen LogP contribution is 2.31. The minimum absolute atomic E-state index is 0.0427. The van der Waals surface area contributed by atoms with Gasteiger partial charge >= 0.3 is 0 Å². The van der Waals surface area contributed by atoms with Crippen molar-refractivity contribution >= 4 is 15.9 Å². The molecule has 0 radical (unpaired) electrons. The van der Waals surface area contributed by atoms with Gasteiger partial charge in [-0.05, 0) is 33.0 Å². The largest absolute Gasteiger partial charge is 0.490 e. The van der Waals surface area contributed by atoms with Crippen molar-refractivity contribution < 1.29 is 22.7 Å². The minimum atomic E-state index is -3.65. The lowest BCUT2D eigenvalue weighted by atomic mass is 10.3. The van der Waals surface area contributed by atoms with E-state index in [1.807, 2.05) is 13.8 Å². The summed E-state index contributed by atoms with van der Waals surface area (Å²) < 4.78 is 38.4. The van der Waals surface area contributed by atoms with Gasteiger partial charge < -0.3 is 19.7 Å². The van der Waals surface area contributed by atoms with E-state index >= 15 is 0 Å². The van der Waals surface area contributed by atoms with Gasteiger partial charge in [-0.15, -0.1) is 0 Å². The van der Waals surface area contributed by atoms with E-state index in [-0.39, 0.29) is 23.9 Å². The number of benzene rings is 1. The predicted molar refractivity (Wildman–Crippen MR) is 103 cm³/mol. The van der Waals surface area contributed by atoms with E-state index in [1.54, 1.807) is 18.0 Å². The monoisotopic (exact) mass is 399 g/mol. The highest BCUT2D eigenvalue weighted by molar-refractivity contribution is 7.89. The van der Waals surface area contributed by atoms with Crippen LogP contribution in [0.25, 0.3) is 0 Å². The molecule has 2 rings (SSSR count). The lowest BCUT2D eigenvalue weighted by Crippen LogP contribution is -2.50. The van der Waals surface area contributed by atoms with Crippen molar-refractivity contribution in [3.05, 3.63) is 18.2 Å². The quantitative estimate of drug-likeness (QED) is 0.665. The number of carbonyl (C=O) groups excluding carboxylic acids is 1. The molecule has 0 aromatic heterocycles. The average Bonchev–Trinajstić information content (AvgIpc) is 2.67. The molecule has 9 heteroatoms. The van der Waals surface area contributed by atoms with Crippen LogP contribution in [0.15, 0.2) is 23.1 Å². The van der Waals surface area contributed by atoms with Crippen LogP contribution in [0.3, 0.4) is 0 Å². The maximum atomic E-state index is 13.0. The second-order valence-electron chi connectivity index (χ2n) is 6.11. The van der Waals surface area contributed by atoms with Crippen LogP contribution in [0.2, 0.25) is 0 Å². The molecule has 8 nitrogen and oxygen atoms in total. The maximum Gasteiger partial charge on any atom is 0.243 e. The molecular weight excluding hydrogens is 370 g/mol. The molecule has 0 spiro atoms. The van der Waals surface area contributed by atoms with Crippen molar-refractivity contribution in [2.45, 2.75) is 25.2 Å². The van der Waals surface area contributed by atoms with Crippen molar-refractivity contribution in [3.8, 4) is 11.5 Å². The van der Waals surface area contributed by atoms with Gasteiger partial charge in [-0.2, -0.15) is 4.31 Å². The first kappa shape index (κ1) is 21.5. The van der Waals surface area contributed by atoms with E-state index in [0.29, 0.717) is 50.8 Å². The molecule has 1 aliphatic heterocycles. The van der Waals surface area contributed by atoms with Crippen molar-refractivity contribution in [2.24, 2.45) is 0 Å². The summed E-state index contributed by atoms with van der Waals surface area (Å²) >= 11 is 0. The second-order valence-corrected chi connectivity index (χ2v) is 8.05. The molecule has 152 valence electrons. The number of hydrogen-bond donors (Lipinski definition) is 1. The zero-order chi connectivity index (χ0) is 19.9. The number of rotatable bonds is 9. The molecule has 1 fully saturated rings. The first-order valence-electron chi connectivity index (χ1n) is 9.26. The first-order valence-corrected chi connectivity index (χ1v) is 10.7. The Morgan fingerprint density at radius 2 is 1.70 bits per heavy atom. The summed E-state index contributed by atoms with van der Waals surface area (Å²) in [5.41, 5.74) is 0. The van der Waals surface area contributed by atoms with E-state index < -0.39 is 10.0 Å². The lowest BCUT2D eigenvalue weighted by Gasteiger charge is -2.34. The van der Waals surface area contributed by atoms with Gasteiger partial charge in [0.05, 0.1) is 18.1 Å². The molecule has 1 N–H and O–H groups in total. The van der Waals surface area contributed by atoms with E-state index in [1.165, 1.54) is 16.4 Å². The molecule has 1 aliphatic rings. The van der Waals surface area contributed by atoms with Crippen molar-refractivity contribution in [1.82, 2.24) is 14.5 Å². The van der Waals surface area contributed by atoms with Crippen LogP contribution in [-0.4, -0.2) is 76.5 Å². The smallest absolute Gasteiger partial charge is 0.243 e. The van der Waals surface area contributed by atoms with Gasteiger partial charge in [0.1, 0.15) is 0 Å². The summed E-state index contributed by atoms with van der Waals surface area (Å²) in [6, 6.07) is 4.67. The minimum Gasteiger partial charge on any atom is -0.490 e. The molecule has 1 aromatic carbocycles. The van der Waals surface area contributed by atoms with Gasteiger partial charge in [-0.25, -0.2) is 8.42 Å². The Hall–Kier alpha value is -1.84. The molecule has 0 bridgehead atoms.